The van der Waals surface area contributed by atoms with Gasteiger partial charge in [0.1, 0.15) is 0 Å². The van der Waals surface area contributed by atoms with Crippen molar-refractivity contribution >= 4 is 5.78 Å². The van der Waals surface area contributed by atoms with Gasteiger partial charge < -0.3 is 0 Å². The van der Waals surface area contributed by atoms with Gasteiger partial charge in [-0.25, -0.2) is 0 Å². The number of carbonyl (C=O) groups excluding carboxylic acids is 1. The van der Waals surface area contributed by atoms with Crippen LogP contribution in [0.5, 0.6) is 0 Å². The van der Waals surface area contributed by atoms with Crippen molar-refractivity contribution in [3.63, 3.8) is 0 Å². The molecule has 0 aliphatic carbocycles. The van der Waals surface area contributed by atoms with Gasteiger partial charge in [-0.05, 0) is 18.4 Å². The molecule has 0 bridgehead atoms. The second-order valence-corrected chi connectivity index (χ2v) is 3.22. The van der Waals surface area contributed by atoms with Crippen molar-refractivity contribution in [2.45, 2.75) is 26.7 Å². The highest BCUT2D eigenvalue weighted by atomic mass is 16.1. The number of Topliss-reactive ketones (excluding diaryl/α,β-unsaturated/α-hetero) is 1. The molecule has 12 heavy (non-hydrogen) atoms. The molecule has 0 heterocycles. The first kappa shape index (κ1) is 7.53. The first-order chi connectivity index (χ1) is 6.02. The lowest BCUT2D eigenvalue weighted by atomic mass is 9.95. The van der Waals surface area contributed by atoms with E-state index in [4.69, 9.17) is 1.37 Å². The van der Waals surface area contributed by atoms with Crippen LogP contribution in [0.1, 0.15) is 44.0 Å². The van der Waals surface area contributed by atoms with E-state index in [1.807, 2.05) is 19.9 Å². The quantitative estimate of drug-likeness (QED) is 0.612. The van der Waals surface area contributed by atoms with Crippen molar-refractivity contribution in [1.29, 1.82) is 0 Å². The number of ketones is 1. The van der Waals surface area contributed by atoms with Crippen LogP contribution in [0.25, 0.3) is 0 Å². The Morgan fingerprint density at radius 3 is 2.67 bits per heavy atom. The van der Waals surface area contributed by atoms with Crippen molar-refractivity contribution in [1.82, 2.24) is 0 Å². The summed E-state index contributed by atoms with van der Waals surface area (Å²) in [5.41, 5.74) is 1.71. The molecular weight excluding hydrogens is 148 g/mol. The van der Waals surface area contributed by atoms with E-state index in [1.54, 1.807) is 19.1 Å². The van der Waals surface area contributed by atoms with Gasteiger partial charge in [-0.2, -0.15) is 0 Å². The van der Waals surface area contributed by atoms with Crippen molar-refractivity contribution < 1.29 is 6.17 Å². The summed E-state index contributed by atoms with van der Waals surface area (Å²) in [5.74, 6) is 0.373. The van der Waals surface area contributed by atoms with Gasteiger partial charge in [0.2, 0.25) is 0 Å². The van der Waals surface area contributed by atoms with Crippen molar-refractivity contribution in [2.75, 3.05) is 0 Å². The molecule has 0 unspecified atom stereocenters. The van der Waals surface area contributed by atoms with Crippen LogP contribution in [0.2, 0.25) is 0 Å². The van der Waals surface area contributed by atoms with Crippen LogP contribution in [0.4, 0.5) is 0 Å². The van der Waals surface area contributed by atoms with Crippen LogP contribution < -0.4 is 0 Å². The standard InChI is InChI=1S/C11H14O/c1-8(2)10-6-4-5-7-11(10)9(3)12/h4-8H,1-3H3/i5D. The van der Waals surface area contributed by atoms with Crippen LogP contribution in [0.15, 0.2) is 24.2 Å². The molecule has 1 aromatic rings. The minimum absolute atomic E-state index is 0.0396. The summed E-state index contributed by atoms with van der Waals surface area (Å²) < 4.78 is 7.41. The average Bonchev–Trinajstić information content (AvgIpc) is 2.03. The smallest absolute Gasteiger partial charge is 0.160 e. The zero-order valence-electron chi connectivity index (χ0n) is 8.72. The van der Waals surface area contributed by atoms with Crippen LogP contribution in [-0.2, 0) is 0 Å². The summed E-state index contributed by atoms with van der Waals surface area (Å²) in [6.45, 7) is 5.64. The van der Waals surface area contributed by atoms with Crippen molar-refractivity contribution in [2.24, 2.45) is 0 Å². The highest BCUT2D eigenvalue weighted by Crippen LogP contribution is 2.19. The molecule has 0 atom stereocenters. The van der Waals surface area contributed by atoms with Gasteiger partial charge in [-0.15, -0.1) is 0 Å². The second kappa shape index (κ2) is 3.53. The van der Waals surface area contributed by atoms with E-state index in [2.05, 4.69) is 0 Å². The Labute approximate surface area is 74.8 Å². The summed E-state index contributed by atoms with van der Waals surface area (Å²) in [6, 6.07) is 5.62. The molecule has 0 saturated carbocycles. The molecule has 0 amide bonds. The lowest BCUT2D eigenvalue weighted by molar-refractivity contribution is 0.101. The van der Waals surface area contributed by atoms with Gasteiger partial charge in [0, 0.05) is 5.56 Å². The number of rotatable bonds is 2. The summed E-state index contributed by atoms with van der Waals surface area (Å²) in [7, 11) is 0. The van der Waals surface area contributed by atoms with E-state index in [-0.39, 0.29) is 5.78 Å². The SMILES string of the molecule is [2H]c1ccc(C(C)C)c(C(C)=O)c1. The zero-order valence-corrected chi connectivity index (χ0v) is 7.72. The third-order valence-corrected chi connectivity index (χ3v) is 1.90. The summed E-state index contributed by atoms with van der Waals surface area (Å²) in [5, 5.41) is 0. The first-order valence-electron chi connectivity index (χ1n) is 4.64. The topological polar surface area (TPSA) is 17.1 Å². The monoisotopic (exact) mass is 163 g/mol. The maximum Gasteiger partial charge on any atom is 0.160 e. The predicted molar refractivity (Wildman–Crippen MR) is 50.5 cm³/mol. The van der Waals surface area contributed by atoms with E-state index in [0.29, 0.717) is 17.5 Å². The Hall–Kier alpha value is -1.11. The molecule has 0 radical (unpaired) electrons. The fourth-order valence-corrected chi connectivity index (χ4v) is 1.25. The van der Waals surface area contributed by atoms with Crippen molar-refractivity contribution in [3.8, 4) is 0 Å². The highest BCUT2D eigenvalue weighted by molar-refractivity contribution is 5.95. The fraction of sp³-hybridized carbons (Fsp3) is 0.364. The van der Waals surface area contributed by atoms with Gasteiger partial charge in [0.05, 0.1) is 1.37 Å². The Bertz CT molecular complexity index is 329. The molecule has 1 nitrogen and oxygen atoms in total. The van der Waals surface area contributed by atoms with E-state index < -0.39 is 0 Å². The number of benzene rings is 1. The minimum atomic E-state index is 0.0396. The summed E-state index contributed by atoms with van der Waals surface area (Å²) >= 11 is 0. The molecule has 1 rings (SSSR count). The molecule has 0 aromatic heterocycles. The molecule has 0 aliphatic heterocycles. The molecule has 0 aliphatic rings. The van der Waals surface area contributed by atoms with Gasteiger partial charge in [-0.1, -0.05) is 38.1 Å². The van der Waals surface area contributed by atoms with E-state index in [9.17, 15) is 4.79 Å². The molecule has 0 spiro atoms. The molecule has 0 fully saturated rings. The van der Waals surface area contributed by atoms with Gasteiger partial charge >= 0.3 is 0 Å². The number of hydrogen-bond donors (Lipinski definition) is 0. The van der Waals surface area contributed by atoms with Crippen molar-refractivity contribution in [3.05, 3.63) is 35.4 Å². The fourth-order valence-electron chi connectivity index (χ4n) is 1.25. The Morgan fingerprint density at radius 1 is 1.50 bits per heavy atom. The van der Waals surface area contributed by atoms with E-state index in [0.717, 1.165) is 5.56 Å². The largest absolute Gasteiger partial charge is 0.295 e. The molecule has 0 N–H and O–H groups in total. The predicted octanol–water partition coefficient (Wildman–Crippen LogP) is 3.01. The summed E-state index contributed by atoms with van der Waals surface area (Å²) in [6.07, 6.45) is 0. The van der Waals surface area contributed by atoms with Gasteiger partial charge in [0.25, 0.3) is 0 Å². The minimum Gasteiger partial charge on any atom is -0.295 e. The Morgan fingerprint density at radius 2 is 2.17 bits per heavy atom. The first-order valence-corrected chi connectivity index (χ1v) is 4.14. The third-order valence-electron chi connectivity index (χ3n) is 1.90. The maximum atomic E-state index is 11.2. The lowest BCUT2D eigenvalue weighted by Gasteiger charge is -2.09. The zero-order chi connectivity index (χ0) is 10.0. The summed E-state index contributed by atoms with van der Waals surface area (Å²) in [4.78, 5) is 11.2. The highest BCUT2D eigenvalue weighted by Gasteiger charge is 2.08. The van der Waals surface area contributed by atoms with Crippen LogP contribution >= 0.6 is 0 Å². The van der Waals surface area contributed by atoms with E-state index >= 15 is 0 Å². The van der Waals surface area contributed by atoms with Crippen LogP contribution in [0.3, 0.4) is 0 Å². The normalized spacial score (nSPS) is 11.5. The maximum absolute atomic E-state index is 11.2. The molecule has 64 valence electrons. The second-order valence-electron chi connectivity index (χ2n) is 3.22. The number of hydrogen-bond acceptors (Lipinski definition) is 1. The van der Waals surface area contributed by atoms with Gasteiger partial charge in [-0.3, -0.25) is 4.79 Å². The van der Waals surface area contributed by atoms with E-state index in [1.165, 1.54) is 0 Å². The Kier molecular flexibility index (Phi) is 2.21. The van der Waals surface area contributed by atoms with Crippen LogP contribution in [-0.4, -0.2) is 5.78 Å². The number of carbonyl (C=O) groups is 1. The molecule has 1 aromatic carbocycles. The molecule has 0 saturated heterocycles. The molecular formula is C11H14O. The van der Waals surface area contributed by atoms with Crippen LogP contribution in [0, 0.1) is 0 Å². The molecule has 1 heteroatoms. The lowest BCUT2D eigenvalue weighted by Crippen LogP contribution is -2.00. The average molecular weight is 163 g/mol. The third kappa shape index (κ3) is 1.73. The Balaban J connectivity index is 3.27. The van der Waals surface area contributed by atoms with Gasteiger partial charge in [0.15, 0.2) is 5.78 Å².